The third-order valence-corrected chi connectivity index (χ3v) is 1.55. The van der Waals surface area contributed by atoms with Gasteiger partial charge in [-0.2, -0.15) is 0 Å². The van der Waals surface area contributed by atoms with Gasteiger partial charge in [-0.3, -0.25) is 0 Å². The van der Waals surface area contributed by atoms with Crippen molar-refractivity contribution >= 4 is 6.08 Å². The van der Waals surface area contributed by atoms with Crippen molar-refractivity contribution in [1.82, 2.24) is 0 Å². The number of ether oxygens (including phenoxy) is 1. The summed E-state index contributed by atoms with van der Waals surface area (Å²) in [5.41, 5.74) is 1.17. The van der Waals surface area contributed by atoms with Gasteiger partial charge >= 0.3 is 0 Å². The van der Waals surface area contributed by atoms with E-state index in [2.05, 4.69) is 6.08 Å². The Morgan fingerprint density at radius 3 is 2.67 bits per heavy atom. The van der Waals surface area contributed by atoms with Crippen LogP contribution in [0.1, 0.15) is 5.56 Å². The zero-order chi connectivity index (χ0) is 6.81. The molecule has 0 bridgehead atoms. The number of benzene rings is 1. The smallest absolute Gasteiger partial charge is 0.126 e. The second kappa shape index (κ2) is 5.57. The summed E-state index contributed by atoms with van der Waals surface area (Å²) >= 11 is 0. The summed E-state index contributed by atoms with van der Waals surface area (Å²) in [6.45, 7) is 0.705. The minimum absolute atomic E-state index is 0. The Morgan fingerprint density at radius 1 is 1.17 bits per heavy atom. The van der Waals surface area contributed by atoms with E-state index in [1.165, 1.54) is 5.56 Å². The van der Waals surface area contributed by atoms with Crippen LogP contribution < -0.4 is 4.74 Å². The predicted molar refractivity (Wildman–Crippen MR) is 41.0 cm³/mol. The van der Waals surface area contributed by atoms with Gasteiger partial charge in [0.2, 0.25) is 0 Å². The molecule has 0 N–H and O–H groups in total. The summed E-state index contributed by atoms with van der Waals surface area (Å²) in [6.07, 6.45) is 4.10. The van der Waals surface area contributed by atoms with Crippen molar-refractivity contribution in [2.45, 2.75) is 0 Å². The second-order valence-corrected chi connectivity index (χ2v) is 2.25. The number of rotatable bonds is 0. The van der Waals surface area contributed by atoms with Gasteiger partial charge in [0.25, 0.3) is 0 Å². The first kappa shape index (κ1) is 12.0. The summed E-state index contributed by atoms with van der Waals surface area (Å²) < 4.78 is 5.34. The Labute approximate surface area is 96.7 Å². The molecule has 1 aromatic rings. The third-order valence-electron chi connectivity index (χ3n) is 1.55. The topological polar surface area (TPSA) is 9.23 Å². The summed E-state index contributed by atoms with van der Waals surface area (Å²) in [5, 5.41) is 0. The molecule has 2 rings (SSSR count). The number of hydrogen-bond donors (Lipinski definition) is 0. The maximum atomic E-state index is 5.34. The van der Waals surface area contributed by atoms with Crippen LogP contribution in [0.4, 0.5) is 0 Å². The number of hydrogen-bond acceptors (Lipinski definition) is 1. The van der Waals surface area contributed by atoms with Crippen LogP contribution in [0.25, 0.3) is 6.08 Å². The first-order valence-corrected chi connectivity index (χ1v) is 3.35. The van der Waals surface area contributed by atoms with Crippen molar-refractivity contribution in [3.63, 3.8) is 0 Å². The Bertz CT molecular complexity index is 273. The first-order valence-electron chi connectivity index (χ1n) is 3.35. The first-order chi connectivity index (χ1) is 4.97. The maximum Gasteiger partial charge on any atom is 0.126 e. The van der Waals surface area contributed by atoms with Crippen molar-refractivity contribution in [3.05, 3.63) is 35.9 Å². The molecule has 0 saturated heterocycles. The van der Waals surface area contributed by atoms with Gasteiger partial charge in [0.15, 0.2) is 0 Å². The molecule has 0 amide bonds. The van der Waals surface area contributed by atoms with Crippen LogP contribution in [0.3, 0.4) is 0 Å². The number of para-hydroxylation sites is 1. The van der Waals surface area contributed by atoms with E-state index in [4.69, 9.17) is 4.74 Å². The van der Waals surface area contributed by atoms with E-state index in [-0.39, 0.29) is 37.8 Å². The molecule has 1 aromatic carbocycles. The average molecular weight is 287 g/mol. The van der Waals surface area contributed by atoms with E-state index >= 15 is 0 Å². The van der Waals surface area contributed by atoms with Gasteiger partial charge in [0, 0.05) is 43.4 Å². The van der Waals surface area contributed by atoms with Gasteiger partial charge < -0.3 is 4.74 Å². The van der Waals surface area contributed by atoms with Crippen LogP contribution >= 0.6 is 0 Å². The van der Waals surface area contributed by atoms with E-state index in [9.17, 15) is 0 Å². The molecule has 0 spiro atoms. The fourth-order valence-corrected chi connectivity index (χ4v) is 1.06. The summed E-state index contributed by atoms with van der Waals surface area (Å²) in [4.78, 5) is 0. The van der Waals surface area contributed by atoms with Crippen LogP contribution in [0, 0.1) is 0 Å². The molecule has 1 aliphatic heterocycles. The molecule has 1 aliphatic rings. The van der Waals surface area contributed by atoms with E-state index in [0.29, 0.717) is 6.61 Å². The predicted octanol–water partition coefficient (Wildman–Crippen LogP) is 2.09. The molecule has 12 heavy (non-hydrogen) atoms. The zero-order valence-corrected chi connectivity index (χ0v) is 9.37. The van der Waals surface area contributed by atoms with E-state index in [1.54, 1.807) is 0 Å². The van der Waals surface area contributed by atoms with Crippen LogP contribution in [-0.4, -0.2) is 6.61 Å². The molecule has 0 aromatic heterocycles. The Hall–Kier alpha value is -0.0452. The Morgan fingerprint density at radius 2 is 1.92 bits per heavy atom. The molecule has 0 saturated carbocycles. The van der Waals surface area contributed by atoms with Gasteiger partial charge in [0.1, 0.15) is 12.4 Å². The summed E-state index contributed by atoms with van der Waals surface area (Å²) in [5.74, 6) is 0.991. The molecule has 0 atom stereocenters. The molecule has 1 nitrogen and oxygen atoms in total. The van der Waals surface area contributed by atoms with Gasteiger partial charge in [0.05, 0.1) is 0 Å². The van der Waals surface area contributed by atoms with Crippen molar-refractivity contribution < 1.29 is 42.6 Å². The molecule has 0 aliphatic carbocycles. The zero-order valence-electron chi connectivity index (χ0n) is 6.32. The maximum absolute atomic E-state index is 5.34. The standard InChI is InChI=1S/C9H8O.Co.Mo/c1-2-6-9-8(4-1)5-3-7-10-9;;/h1-6H,7H2;;. The van der Waals surface area contributed by atoms with Crippen LogP contribution in [-0.2, 0) is 37.8 Å². The average Bonchev–Trinajstić information content (AvgIpc) is 2.05. The SMILES string of the molecule is C1=Cc2ccccc2OC1.[Co].[Mo]. The van der Waals surface area contributed by atoms with Crippen molar-refractivity contribution in [1.29, 1.82) is 0 Å². The molecule has 0 unspecified atom stereocenters. The monoisotopic (exact) mass is 289 g/mol. The molecular formula is C9H8CoMoO. The fourth-order valence-electron chi connectivity index (χ4n) is 1.06. The van der Waals surface area contributed by atoms with Gasteiger partial charge in [-0.25, -0.2) is 0 Å². The molecule has 1 radical (unpaired) electrons. The van der Waals surface area contributed by atoms with Crippen molar-refractivity contribution in [2.24, 2.45) is 0 Å². The molecule has 3 heteroatoms. The van der Waals surface area contributed by atoms with Crippen LogP contribution in [0.2, 0.25) is 0 Å². The Balaban J connectivity index is 0.000000605. The van der Waals surface area contributed by atoms with Crippen LogP contribution in [0.5, 0.6) is 5.75 Å². The third kappa shape index (κ3) is 2.48. The molecule has 1 heterocycles. The van der Waals surface area contributed by atoms with Gasteiger partial charge in [-0.05, 0) is 12.1 Å². The van der Waals surface area contributed by atoms with Gasteiger partial charge in [-0.1, -0.05) is 24.3 Å². The van der Waals surface area contributed by atoms with Gasteiger partial charge in [-0.15, -0.1) is 0 Å². The normalized spacial score (nSPS) is 11.7. The molecule has 65 valence electrons. The minimum Gasteiger partial charge on any atom is -0.489 e. The Kier molecular flexibility index (Phi) is 5.55. The summed E-state index contributed by atoms with van der Waals surface area (Å²) in [6, 6.07) is 8.03. The minimum atomic E-state index is 0. The number of fused-ring (bicyclic) bond motifs is 1. The van der Waals surface area contributed by atoms with Crippen molar-refractivity contribution in [3.8, 4) is 5.75 Å². The summed E-state index contributed by atoms with van der Waals surface area (Å²) in [7, 11) is 0. The van der Waals surface area contributed by atoms with Crippen molar-refractivity contribution in [2.75, 3.05) is 6.61 Å². The fraction of sp³-hybridized carbons (Fsp3) is 0.111. The quantitative estimate of drug-likeness (QED) is 0.664. The van der Waals surface area contributed by atoms with E-state index < -0.39 is 0 Å². The molecular weight excluding hydrogens is 279 g/mol. The second-order valence-electron chi connectivity index (χ2n) is 2.25. The largest absolute Gasteiger partial charge is 0.489 e. The van der Waals surface area contributed by atoms with E-state index in [1.807, 2.05) is 30.3 Å². The van der Waals surface area contributed by atoms with E-state index in [0.717, 1.165) is 5.75 Å². The van der Waals surface area contributed by atoms with Crippen LogP contribution in [0.15, 0.2) is 30.3 Å². The molecule has 0 fully saturated rings.